The first-order valence-corrected chi connectivity index (χ1v) is 6.51. The summed E-state index contributed by atoms with van der Waals surface area (Å²) in [5.41, 5.74) is -0.332. The quantitative estimate of drug-likeness (QED) is 0.822. The fourth-order valence-electron chi connectivity index (χ4n) is 1.79. The van der Waals surface area contributed by atoms with Crippen LogP contribution < -0.4 is 5.32 Å². The molecule has 106 valence electrons. The van der Waals surface area contributed by atoms with Crippen LogP contribution in [0.1, 0.15) is 37.6 Å². The first kappa shape index (κ1) is 15.4. The summed E-state index contributed by atoms with van der Waals surface area (Å²) in [5.74, 6) is 0.577. The van der Waals surface area contributed by atoms with Gasteiger partial charge in [0.15, 0.2) is 0 Å². The summed E-state index contributed by atoms with van der Waals surface area (Å²) in [6, 6.07) is 3.42. The maximum absolute atomic E-state index is 12.2. The monoisotopic (exact) mass is 265 g/mol. The molecule has 0 aliphatic rings. The number of carbonyl (C=O) groups excluding carboxylic acids is 1. The van der Waals surface area contributed by atoms with Gasteiger partial charge >= 0.3 is 0 Å². The molecule has 19 heavy (non-hydrogen) atoms. The van der Waals surface area contributed by atoms with Crippen LogP contribution in [0.5, 0.6) is 0 Å². The number of pyridine rings is 1. The van der Waals surface area contributed by atoms with Gasteiger partial charge in [-0.1, -0.05) is 6.92 Å². The Bertz CT molecular complexity index is 427. The Morgan fingerprint density at radius 3 is 2.79 bits per heavy atom. The lowest BCUT2D eigenvalue weighted by atomic mass is 10.1. The number of aromatic nitrogens is 1. The second-order valence-corrected chi connectivity index (χ2v) is 5.33. The molecule has 0 saturated heterocycles. The van der Waals surface area contributed by atoms with Crippen molar-refractivity contribution in [3.05, 3.63) is 23.9 Å². The van der Waals surface area contributed by atoms with E-state index in [0.717, 1.165) is 13.0 Å². The van der Waals surface area contributed by atoms with Gasteiger partial charge in [0, 0.05) is 31.9 Å². The predicted molar refractivity (Wildman–Crippen MR) is 76.3 cm³/mol. The minimum absolute atomic E-state index is 0.121. The van der Waals surface area contributed by atoms with Crippen LogP contribution >= 0.6 is 0 Å². The molecule has 0 aromatic carbocycles. The van der Waals surface area contributed by atoms with Gasteiger partial charge in [-0.15, -0.1) is 0 Å². The van der Waals surface area contributed by atoms with E-state index in [2.05, 4.69) is 17.2 Å². The molecular weight excluding hydrogens is 242 g/mol. The Morgan fingerprint density at radius 1 is 1.53 bits per heavy atom. The first-order valence-electron chi connectivity index (χ1n) is 6.51. The molecule has 0 unspecified atom stereocenters. The van der Waals surface area contributed by atoms with Crippen LogP contribution in [-0.2, 0) is 0 Å². The van der Waals surface area contributed by atoms with Crippen LogP contribution in [0.2, 0.25) is 0 Å². The highest BCUT2D eigenvalue weighted by atomic mass is 16.3. The van der Waals surface area contributed by atoms with Crippen LogP contribution in [0, 0.1) is 0 Å². The Hall–Kier alpha value is -1.62. The highest BCUT2D eigenvalue weighted by Gasteiger charge is 2.20. The van der Waals surface area contributed by atoms with Gasteiger partial charge in [-0.3, -0.25) is 4.79 Å². The minimum Gasteiger partial charge on any atom is -0.389 e. The smallest absolute Gasteiger partial charge is 0.253 e. The molecular formula is C14H23N3O2. The number of carbonyl (C=O) groups is 1. The molecule has 0 saturated carbocycles. The number of nitrogens with one attached hydrogen (secondary N) is 1. The number of nitrogens with zero attached hydrogens (tertiary/aromatic N) is 2. The van der Waals surface area contributed by atoms with Crippen LogP contribution in [-0.4, -0.2) is 46.6 Å². The third-order valence-corrected chi connectivity index (χ3v) is 2.53. The van der Waals surface area contributed by atoms with Crippen molar-refractivity contribution in [1.29, 1.82) is 0 Å². The third-order valence-electron chi connectivity index (χ3n) is 2.53. The van der Waals surface area contributed by atoms with Gasteiger partial charge in [-0.25, -0.2) is 4.98 Å². The Morgan fingerprint density at radius 2 is 2.21 bits per heavy atom. The maximum Gasteiger partial charge on any atom is 0.253 e. The Kier molecular flexibility index (Phi) is 5.30. The number of aliphatic hydroxyl groups is 1. The van der Waals surface area contributed by atoms with Crippen molar-refractivity contribution in [1.82, 2.24) is 9.88 Å². The summed E-state index contributed by atoms with van der Waals surface area (Å²) >= 11 is 0. The molecule has 0 spiro atoms. The van der Waals surface area contributed by atoms with Crippen molar-refractivity contribution < 1.29 is 9.90 Å². The van der Waals surface area contributed by atoms with Crippen molar-refractivity contribution >= 4 is 11.7 Å². The van der Waals surface area contributed by atoms with E-state index in [0.29, 0.717) is 11.4 Å². The summed E-state index contributed by atoms with van der Waals surface area (Å²) in [6.07, 6.45) is 2.61. The molecule has 0 aliphatic carbocycles. The summed E-state index contributed by atoms with van der Waals surface area (Å²) in [6.45, 7) is 6.53. The van der Waals surface area contributed by atoms with Gasteiger partial charge in [0.1, 0.15) is 5.82 Å². The fourth-order valence-corrected chi connectivity index (χ4v) is 1.79. The van der Waals surface area contributed by atoms with Crippen LogP contribution in [0.4, 0.5) is 5.82 Å². The Balaban J connectivity index is 2.76. The van der Waals surface area contributed by atoms with Crippen molar-refractivity contribution in [2.75, 3.05) is 25.5 Å². The van der Waals surface area contributed by atoms with E-state index < -0.39 is 5.60 Å². The van der Waals surface area contributed by atoms with Gasteiger partial charge in [0.25, 0.3) is 5.91 Å². The number of amides is 1. The lowest BCUT2D eigenvalue weighted by Crippen LogP contribution is -2.39. The molecule has 1 heterocycles. The topological polar surface area (TPSA) is 65.5 Å². The van der Waals surface area contributed by atoms with Gasteiger partial charge in [-0.2, -0.15) is 0 Å². The highest BCUT2D eigenvalue weighted by Crippen LogP contribution is 2.11. The summed E-state index contributed by atoms with van der Waals surface area (Å²) in [5, 5.41) is 12.9. The number of hydrogen-bond acceptors (Lipinski definition) is 4. The van der Waals surface area contributed by atoms with Crippen molar-refractivity contribution in [3.8, 4) is 0 Å². The largest absolute Gasteiger partial charge is 0.389 e. The van der Waals surface area contributed by atoms with E-state index in [9.17, 15) is 9.90 Å². The van der Waals surface area contributed by atoms with Crippen LogP contribution in [0.15, 0.2) is 18.3 Å². The van der Waals surface area contributed by atoms with Crippen LogP contribution in [0.25, 0.3) is 0 Å². The maximum atomic E-state index is 12.2. The standard InChI is InChI=1S/C14H23N3O2/c1-5-7-15-12-9-11(6-8-16-12)13(18)17(4)10-14(2,3)19/h6,8-9,19H,5,7,10H2,1-4H3,(H,15,16). The number of hydrogen-bond donors (Lipinski definition) is 2. The molecule has 1 aromatic heterocycles. The second-order valence-electron chi connectivity index (χ2n) is 5.33. The first-order chi connectivity index (χ1) is 8.83. The lowest BCUT2D eigenvalue weighted by molar-refractivity contribution is 0.0368. The average Bonchev–Trinajstić information content (AvgIpc) is 2.33. The summed E-state index contributed by atoms with van der Waals surface area (Å²) in [7, 11) is 1.68. The van der Waals surface area contributed by atoms with E-state index >= 15 is 0 Å². The fraction of sp³-hybridized carbons (Fsp3) is 0.571. The van der Waals surface area contributed by atoms with E-state index in [-0.39, 0.29) is 12.5 Å². The summed E-state index contributed by atoms with van der Waals surface area (Å²) < 4.78 is 0. The van der Waals surface area contributed by atoms with E-state index in [1.807, 2.05) is 0 Å². The Labute approximate surface area is 114 Å². The number of anilines is 1. The van der Waals surface area contributed by atoms with Crippen molar-refractivity contribution in [3.63, 3.8) is 0 Å². The van der Waals surface area contributed by atoms with Gasteiger partial charge in [0.2, 0.25) is 0 Å². The van der Waals surface area contributed by atoms with Gasteiger partial charge in [-0.05, 0) is 32.4 Å². The van der Waals surface area contributed by atoms with E-state index in [1.165, 1.54) is 4.90 Å². The molecule has 1 rings (SSSR count). The predicted octanol–water partition coefficient (Wildman–Crippen LogP) is 1.75. The van der Waals surface area contributed by atoms with Gasteiger partial charge < -0.3 is 15.3 Å². The molecule has 0 aliphatic heterocycles. The van der Waals surface area contributed by atoms with Crippen LogP contribution in [0.3, 0.4) is 0 Å². The SMILES string of the molecule is CCCNc1cc(C(=O)N(C)CC(C)(C)O)ccn1. The minimum atomic E-state index is -0.902. The zero-order valence-electron chi connectivity index (χ0n) is 12.1. The van der Waals surface area contributed by atoms with E-state index in [1.54, 1.807) is 39.2 Å². The molecule has 5 heteroatoms. The van der Waals surface area contributed by atoms with E-state index in [4.69, 9.17) is 0 Å². The molecule has 0 atom stereocenters. The molecule has 0 bridgehead atoms. The number of rotatable bonds is 6. The molecule has 1 aromatic rings. The van der Waals surface area contributed by atoms with Crippen molar-refractivity contribution in [2.24, 2.45) is 0 Å². The lowest BCUT2D eigenvalue weighted by Gasteiger charge is -2.25. The molecule has 2 N–H and O–H groups in total. The second kappa shape index (κ2) is 6.52. The molecule has 1 amide bonds. The van der Waals surface area contributed by atoms with Crippen molar-refractivity contribution in [2.45, 2.75) is 32.8 Å². The zero-order valence-corrected chi connectivity index (χ0v) is 12.1. The number of likely N-dealkylation sites (N-methyl/N-ethyl adjacent to an activating group) is 1. The normalized spacial score (nSPS) is 11.2. The molecule has 0 fully saturated rings. The zero-order chi connectivity index (χ0) is 14.5. The molecule has 0 radical (unpaired) electrons. The van der Waals surface area contributed by atoms with Gasteiger partial charge in [0.05, 0.1) is 5.60 Å². The molecule has 5 nitrogen and oxygen atoms in total. The highest BCUT2D eigenvalue weighted by molar-refractivity contribution is 5.94. The summed E-state index contributed by atoms with van der Waals surface area (Å²) in [4.78, 5) is 17.9. The average molecular weight is 265 g/mol. The third kappa shape index (κ3) is 5.26.